The fourth-order valence-electron chi connectivity index (χ4n) is 2.46. The zero-order chi connectivity index (χ0) is 16.2. The van der Waals surface area contributed by atoms with Crippen molar-refractivity contribution in [2.75, 3.05) is 0 Å². The molecule has 2 aromatic carbocycles. The summed E-state index contributed by atoms with van der Waals surface area (Å²) in [5.41, 5.74) is 2.97. The minimum Gasteiger partial charge on any atom is -0.299 e. The standard InChI is InChI=1S/C17H17ClN4O/c1-11-6-8-12(9-7-11)16(13-4-2-3-5-14(13)18)19-10-15-20-17(23)22-21-15/h2-9,16,19H,10H2,1H3,(H2,20,21,22,23)/t16-/m0/s1. The van der Waals surface area contributed by atoms with Gasteiger partial charge in [-0.25, -0.2) is 9.89 Å². The number of aryl methyl sites for hydroxylation is 1. The Morgan fingerprint density at radius 1 is 1.17 bits per heavy atom. The molecule has 0 aliphatic rings. The molecule has 5 nitrogen and oxygen atoms in total. The van der Waals surface area contributed by atoms with Crippen molar-refractivity contribution >= 4 is 11.6 Å². The van der Waals surface area contributed by atoms with Gasteiger partial charge in [0.15, 0.2) is 0 Å². The molecule has 1 aromatic heterocycles. The van der Waals surface area contributed by atoms with E-state index >= 15 is 0 Å². The van der Waals surface area contributed by atoms with E-state index in [2.05, 4.69) is 51.7 Å². The van der Waals surface area contributed by atoms with Crippen LogP contribution < -0.4 is 11.0 Å². The Morgan fingerprint density at radius 3 is 2.57 bits per heavy atom. The van der Waals surface area contributed by atoms with E-state index < -0.39 is 0 Å². The molecular weight excluding hydrogens is 312 g/mol. The van der Waals surface area contributed by atoms with Gasteiger partial charge in [0.05, 0.1) is 12.6 Å². The summed E-state index contributed by atoms with van der Waals surface area (Å²) in [5, 5.41) is 10.4. The molecule has 23 heavy (non-hydrogen) atoms. The van der Waals surface area contributed by atoms with Crippen LogP contribution in [0.5, 0.6) is 0 Å². The number of benzene rings is 2. The number of H-pyrrole nitrogens is 2. The van der Waals surface area contributed by atoms with Crippen LogP contribution in [0.15, 0.2) is 53.3 Å². The Balaban J connectivity index is 1.91. The van der Waals surface area contributed by atoms with Crippen LogP contribution in [0.1, 0.15) is 28.6 Å². The van der Waals surface area contributed by atoms with E-state index in [-0.39, 0.29) is 11.7 Å². The summed E-state index contributed by atoms with van der Waals surface area (Å²) in [6.07, 6.45) is 0. The lowest BCUT2D eigenvalue weighted by Gasteiger charge is -2.20. The Bertz CT molecular complexity index is 838. The SMILES string of the molecule is Cc1ccc([C@H](NCc2n[nH]c(=O)[nH]2)c2ccccc2Cl)cc1. The molecule has 0 unspecified atom stereocenters. The zero-order valence-electron chi connectivity index (χ0n) is 12.6. The largest absolute Gasteiger partial charge is 0.340 e. The van der Waals surface area contributed by atoms with Crippen molar-refractivity contribution in [2.24, 2.45) is 0 Å². The van der Waals surface area contributed by atoms with Crippen molar-refractivity contribution in [3.05, 3.63) is 86.6 Å². The first-order chi connectivity index (χ1) is 11.1. The summed E-state index contributed by atoms with van der Waals surface area (Å²) in [7, 11) is 0. The molecule has 3 N–H and O–H groups in total. The highest BCUT2D eigenvalue weighted by Crippen LogP contribution is 2.28. The number of nitrogens with one attached hydrogen (secondary N) is 3. The Hall–Kier alpha value is -2.37. The van der Waals surface area contributed by atoms with Crippen LogP contribution in [0, 0.1) is 6.92 Å². The highest BCUT2D eigenvalue weighted by molar-refractivity contribution is 6.31. The molecule has 118 valence electrons. The maximum absolute atomic E-state index is 11.1. The molecule has 6 heteroatoms. The van der Waals surface area contributed by atoms with Crippen LogP contribution in [0.3, 0.4) is 0 Å². The normalized spacial score (nSPS) is 12.3. The highest BCUT2D eigenvalue weighted by atomic mass is 35.5. The number of rotatable bonds is 5. The molecule has 0 amide bonds. The summed E-state index contributed by atoms with van der Waals surface area (Å²) < 4.78 is 0. The summed E-state index contributed by atoms with van der Waals surface area (Å²) in [4.78, 5) is 13.8. The van der Waals surface area contributed by atoms with Crippen molar-refractivity contribution in [3.8, 4) is 0 Å². The lowest BCUT2D eigenvalue weighted by molar-refractivity contribution is 0.588. The molecule has 1 atom stereocenters. The Labute approximate surface area is 138 Å². The van der Waals surface area contributed by atoms with E-state index in [1.807, 2.05) is 24.3 Å². The van der Waals surface area contributed by atoms with Crippen molar-refractivity contribution in [2.45, 2.75) is 19.5 Å². The smallest absolute Gasteiger partial charge is 0.299 e. The van der Waals surface area contributed by atoms with Crippen molar-refractivity contribution in [1.82, 2.24) is 20.5 Å². The minimum absolute atomic E-state index is 0.0931. The van der Waals surface area contributed by atoms with E-state index in [0.29, 0.717) is 17.4 Å². The Kier molecular flexibility index (Phi) is 4.60. The topological polar surface area (TPSA) is 73.6 Å². The number of aromatic amines is 2. The third-order valence-electron chi connectivity index (χ3n) is 3.65. The Morgan fingerprint density at radius 2 is 1.91 bits per heavy atom. The average Bonchev–Trinajstić information content (AvgIpc) is 2.96. The molecule has 0 fully saturated rings. The van der Waals surface area contributed by atoms with Gasteiger partial charge in [-0.1, -0.05) is 59.6 Å². The fourth-order valence-corrected chi connectivity index (χ4v) is 2.71. The molecule has 1 heterocycles. The van der Waals surface area contributed by atoms with Gasteiger partial charge in [-0.2, -0.15) is 5.10 Å². The summed E-state index contributed by atoms with van der Waals surface area (Å²) in [5.74, 6) is 0.555. The summed E-state index contributed by atoms with van der Waals surface area (Å²) >= 11 is 6.37. The maximum Gasteiger partial charge on any atom is 0.340 e. The van der Waals surface area contributed by atoms with Gasteiger partial charge < -0.3 is 0 Å². The predicted molar refractivity (Wildman–Crippen MR) is 90.5 cm³/mol. The van der Waals surface area contributed by atoms with Gasteiger partial charge in [0.2, 0.25) is 0 Å². The average molecular weight is 329 g/mol. The van der Waals surface area contributed by atoms with E-state index in [9.17, 15) is 4.79 Å². The van der Waals surface area contributed by atoms with Crippen molar-refractivity contribution < 1.29 is 0 Å². The summed E-state index contributed by atoms with van der Waals surface area (Å²) in [6.45, 7) is 2.47. The van der Waals surface area contributed by atoms with Crippen molar-refractivity contribution in [3.63, 3.8) is 0 Å². The molecule has 0 aliphatic heterocycles. The predicted octanol–water partition coefficient (Wildman–Crippen LogP) is 2.94. The number of nitrogens with zero attached hydrogens (tertiary/aromatic N) is 1. The molecule has 0 saturated carbocycles. The fraction of sp³-hybridized carbons (Fsp3) is 0.176. The second-order valence-electron chi connectivity index (χ2n) is 5.37. The third kappa shape index (κ3) is 3.70. The number of aromatic nitrogens is 3. The lowest BCUT2D eigenvalue weighted by atomic mass is 9.97. The van der Waals surface area contributed by atoms with Crippen LogP contribution in [0.25, 0.3) is 0 Å². The molecule has 3 aromatic rings. The van der Waals surface area contributed by atoms with Crippen LogP contribution in [-0.4, -0.2) is 15.2 Å². The highest BCUT2D eigenvalue weighted by Gasteiger charge is 2.17. The molecule has 0 bridgehead atoms. The van der Waals surface area contributed by atoms with E-state index in [0.717, 1.165) is 11.1 Å². The first kappa shape index (κ1) is 15.5. The summed E-state index contributed by atoms with van der Waals surface area (Å²) in [6, 6.07) is 15.9. The first-order valence-corrected chi connectivity index (χ1v) is 7.69. The van der Waals surface area contributed by atoms with Gasteiger partial charge in [0.1, 0.15) is 5.82 Å². The van der Waals surface area contributed by atoms with Gasteiger partial charge in [-0.15, -0.1) is 0 Å². The van der Waals surface area contributed by atoms with Gasteiger partial charge in [0.25, 0.3) is 0 Å². The first-order valence-electron chi connectivity index (χ1n) is 7.31. The van der Waals surface area contributed by atoms with Crippen LogP contribution in [-0.2, 0) is 6.54 Å². The van der Waals surface area contributed by atoms with Crippen molar-refractivity contribution in [1.29, 1.82) is 0 Å². The van der Waals surface area contributed by atoms with Gasteiger partial charge in [-0.05, 0) is 24.1 Å². The van der Waals surface area contributed by atoms with E-state index in [1.54, 1.807) is 0 Å². The van der Waals surface area contributed by atoms with Gasteiger partial charge in [-0.3, -0.25) is 10.3 Å². The third-order valence-corrected chi connectivity index (χ3v) is 3.99. The second-order valence-corrected chi connectivity index (χ2v) is 5.78. The lowest BCUT2D eigenvalue weighted by Crippen LogP contribution is -2.23. The molecule has 3 rings (SSSR count). The number of hydrogen-bond donors (Lipinski definition) is 3. The van der Waals surface area contributed by atoms with Gasteiger partial charge in [0, 0.05) is 5.02 Å². The minimum atomic E-state index is -0.313. The zero-order valence-corrected chi connectivity index (χ0v) is 13.4. The molecule has 0 spiro atoms. The number of hydrogen-bond acceptors (Lipinski definition) is 3. The maximum atomic E-state index is 11.1. The molecular formula is C17H17ClN4O. The molecule has 0 radical (unpaired) electrons. The van der Waals surface area contributed by atoms with Gasteiger partial charge >= 0.3 is 5.69 Å². The number of halogens is 1. The van der Waals surface area contributed by atoms with E-state index in [4.69, 9.17) is 11.6 Å². The molecule has 0 aliphatic carbocycles. The second kappa shape index (κ2) is 6.81. The van der Waals surface area contributed by atoms with Crippen LogP contribution >= 0.6 is 11.6 Å². The van der Waals surface area contributed by atoms with E-state index in [1.165, 1.54) is 5.56 Å². The monoisotopic (exact) mass is 328 g/mol. The van der Waals surface area contributed by atoms with Crippen LogP contribution in [0.2, 0.25) is 5.02 Å². The quantitative estimate of drug-likeness (QED) is 0.674. The van der Waals surface area contributed by atoms with Crippen LogP contribution in [0.4, 0.5) is 0 Å². The molecule has 0 saturated heterocycles.